The van der Waals surface area contributed by atoms with E-state index in [2.05, 4.69) is 37.4 Å². The fourth-order valence-electron chi connectivity index (χ4n) is 1.94. The molecule has 3 heteroatoms. The standard InChI is InChI=1S/C14H18OS2/c1-3-10-7-8-16-14(10)13(15)9-12-6-5-11(4-2)17-12/h5-8,13,15H,3-4,9H2,1-2H3. The van der Waals surface area contributed by atoms with Gasteiger partial charge < -0.3 is 5.11 Å². The van der Waals surface area contributed by atoms with Gasteiger partial charge in [-0.15, -0.1) is 22.7 Å². The summed E-state index contributed by atoms with van der Waals surface area (Å²) in [5, 5.41) is 12.3. The molecule has 0 saturated carbocycles. The van der Waals surface area contributed by atoms with Crippen LogP contribution in [0.2, 0.25) is 0 Å². The SMILES string of the molecule is CCc1ccc(CC(O)c2sccc2CC)s1. The lowest BCUT2D eigenvalue weighted by Gasteiger charge is -2.09. The first kappa shape index (κ1) is 12.8. The van der Waals surface area contributed by atoms with Gasteiger partial charge in [-0.1, -0.05) is 13.8 Å². The van der Waals surface area contributed by atoms with Crippen LogP contribution < -0.4 is 0 Å². The monoisotopic (exact) mass is 266 g/mol. The summed E-state index contributed by atoms with van der Waals surface area (Å²) in [6.45, 7) is 4.30. The van der Waals surface area contributed by atoms with Gasteiger partial charge in [0.1, 0.15) is 0 Å². The van der Waals surface area contributed by atoms with Crippen LogP contribution in [-0.2, 0) is 19.3 Å². The predicted molar refractivity (Wildman–Crippen MR) is 76.1 cm³/mol. The molecule has 2 rings (SSSR count). The van der Waals surface area contributed by atoms with E-state index in [1.807, 2.05) is 11.3 Å². The first-order valence-corrected chi connectivity index (χ1v) is 7.76. The Labute approximate surface area is 111 Å². The maximum atomic E-state index is 10.3. The van der Waals surface area contributed by atoms with Crippen LogP contribution in [0.3, 0.4) is 0 Å². The zero-order chi connectivity index (χ0) is 12.3. The van der Waals surface area contributed by atoms with Crippen LogP contribution in [0.25, 0.3) is 0 Å². The van der Waals surface area contributed by atoms with Crippen molar-refractivity contribution in [3.63, 3.8) is 0 Å². The molecule has 0 spiro atoms. The molecule has 0 aromatic carbocycles. The van der Waals surface area contributed by atoms with Gasteiger partial charge in [0.05, 0.1) is 6.10 Å². The normalized spacial score (nSPS) is 12.9. The van der Waals surface area contributed by atoms with Gasteiger partial charge in [0, 0.05) is 21.1 Å². The Bertz CT molecular complexity index is 470. The first-order valence-electron chi connectivity index (χ1n) is 6.06. The number of aliphatic hydroxyl groups excluding tert-OH is 1. The molecule has 0 aliphatic rings. The van der Waals surface area contributed by atoms with Crippen LogP contribution in [-0.4, -0.2) is 5.11 Å². The van der Waals surface area contributed by atoms with Crippen molar-refractivity contribution in [2.45, 2.75) is 39.2 Å². The second-order valence-corrected chi connectivity index (χ2v) is 6.31. The summed E-state index contributed by atoms with van der Waals surface area (Å²) in [6, 6.07) is 6.43. The third kappa shape index (κ3) is 2.97. The number of aliphatic hydroxyl groups is 1. The molecule has 0 aliphatic carbocycles. The third-order valence-electron chi connectivity index (χ3n) is 2.92. The van der Waals surface area contributed by atoms with Crippen LogP contribution in [0.5, 0.6) is 0 Å². The Morgan fingerprint density at radius 1 is 1.12 bits per heavy atom. The molecule has 0 fully saturated rings. The lowest BCUT2D eigenvalue weighted by molar-refractivity contribution is 0.182. The Morgan fingerprint density at radius 2 is 1.88 bits per heavy atom. The minimum absolute atomic E-state index is 0.340. The van der Waals surface area contributed by atoms with Crippen LogP contribution in [0.1, 0.15) is 40.1 Å². The fraction of sp³-hybridized carbons (Fsp3) is 0.429. The lowest BCUT2D eigenvalue weighted by atomic mass is 10.1. The molecule has 1 nitrogen and oxygen atoms in total. The summed E-state index contributed by atoms with van der Waals surface area (Å²) in [4.78, 5) is 3.82. The highest BCUT2D eigenvalue weighted by Crippen LogP contribution is 2.29. The molecule has 0 radical (unpaired) electrons. The summed E-state index contributed by atoms with van der Waals surface area (Å²) < 4.78 is 0. The summed E-state index contributed by atoms with van der Waals surface area (Å²) >= 11 is 3.49. The van der Waals surface area contributed by atoms with Gasteiger partial charge in [-0.3, -0.25) is 0 Å². The summed E-state index contributed by atoms with van der Waals surface area (Å²) in [7, 11) is 0. The maximum absolute atomic E-state index is 10.3. The zero-order valence-electron chi connectivity index (χ0n) is 10.3. The van der Waals surface area contributed by atoms with Crippen LogP contribution in [0.4, 0.5) is 0 Å². The molecule has 17 heavy (non-hydrogen) atoms. The summed E-state index contributed by atoms with van der Waals surface area (Å²) in [6.07, 6.45) is 2.49. The van der Waals surface area contributed by atoms with Crippen LogP contribution in [0, 0.1) is 0 Å². The Hall–Kier alpha value is -0.640. The van der Waals surface area contributed by atoms with Gasteiger partial charge in [-0.05, 0) is 42.0 Å². The Kier molecular flexibility index (Phi) is 4.37. The smallest absolute Gasteiger partial charge is 0.0932 e. The number of hydrogen-bond acceptors (Lipinski definition) is 3. The molecule has 1 unspecified atom stereocenters. The van der Waals surface area contributed by atoms with Gasteiger partial charge in [0.15, 0.2) is 0 Å². The highest BCUT2D eigenvalue weighted by Gasteiger charge is 2.14. The van der Waals surface area contributed by atoms with Crippen molar-refractivity contribution in [1.29, 1.82) is 0 Å². The molecule has 0 aliphatic heterocycles. The van der Waals surface area contributed by atoms with Crippen molar-refractivity contribution in [2.75, 3.05) is 0 Å². The fourth-order valence-corrected chi connectivity index (χ4v) is 3.91. The number of thiophene rings is 2. The van der Waals surface area contributed by atoms with Crippen LogP contribution in [0.15, 0.2) is 23.6 Å². The maximum Gasteiger partial charge on any atom is 0.0932 e. The number of hydrogen-bond donors (Lipinski definition) is 1. The molecule has 1 atom stereocenters. The Balaban J connectivity index is 2.08. The van der Waals surface area contributed by atoms with Gasteiger partial charge in [0.2, 0.25) is 0 Å². The van der Waals surface area contributed by atoms with E-state index >= 15 is 0 Å². The van der Waals surface area contributed by atoms with E-state index in [0.717, 1.165) is 24.1 Å². The third-order valence-corrected chi connectivity index (χ3v) is 5.24. The highest BCUT2D eigenvalue weighted by molar-refractivity contribution is 7.12. The molecule has 0 saturated heterocycles. The molecular formula is C14H18OS2. The largest absolute Gasteiger partial charge is 0.387 e. The average molecular weight is 266 g/mol. The summed E-state index contributed by atoms with van der Waals surface area (Å²) in [5.74, 6) is 0. The summed E-state index contributed by atoms with van der Waals surface area (Å²) in [5.41, 5.74) is 1.29. The van der Waals surface area contributed by atoms with Crippen molar-refractivity contribution in [3.05, 3.63) is 43.8 Å². The van der Waals surface area contributed by atoms with E-state index in [4.69, 9.17) is 0 Å². The molecule has 2 aromatic heterocycles. The molecule has 1 N–H and O–H groups in total. The van der Waals surface area contributed by atoms with Crippen molar-refractivity contribution < 1.29 is 5.11 Å². The quantitative estimate of drug-likeness (QED) is 0.859. The van der Waals surface area contributed by atoms with E-state index in [1.54, 1.807) is 11.3 Å². The number of aryl methyl sites for hydroxylation is 2. The minimum Gasteiger partial charge on any atom is -0.387 e. The average Bonchev–Trinajstić information content (AvgIpc) is 2.96. The second kappa shape index (κ2) is 5.80. The lowest BCUT2D eigenvalue weighted by Crippen LogP contribution is -2.00. The molecule has 92 valence electrons. The first-order chi connectivity index (χ1) is 8.24. The van der Waals surface area contributed by atoms with Crippen molar-refractivity contribution in [1.82, 2.24) is 0 Å². The van der Waals surface area contributed by atoms with Gasteiger partial charge in [0.25, 0.3) is 0 Å². The van der Waals surface area contributed by atoms with E-state index in [9.17, 15) is 5.11 Å². The molecule has 0 amide bonds. The molecular weight excluding hydrogens is 248 g/mol. The zero-order valence-corrected chi connectivity index (χ0v) is 11.9. The van der Waals surface area contributed by atoms with Crippen molar-refractivity contribution >= 4 is 22.7 Å². The minimum atomic E-state index is -0.340. The van der Waals surface area contributed by atoms with Gasteiger partial charge in [-0.2, -0.15) is 0 Å². The van der Waals surface area contributed by atoms with Crippen LogP contribution >= 0.6 is 22.7 Å². The second-order valence-electron chi connectivity index (χ2n) is 4.11. The van der Waals surface area contributed by atoms with Gasteiger partial charge in [-0.25, -0.2) is 0 Å². The predicted octanol–water partition coefficient (Wildman–Crippen LogP) is 4.21. The van der Waals surface area contributed by atoms with Gasteiger partial charge >= 0.3 is 0 Å². The topological polar surface area (TPSA) is 20.2 Å². The van der Waals surface area contributed by atoms with E-state index < -0.39 is 0 Å². The Morgan fingerprint density at radius 3 is 2.53 bits per heavy atom. The van der Waals surface area contributed by atoms with E-state index in [0.29, 0.717) is 0 Å². The van der Waals surface area contributed by atoms with E-state index in [-0.39, 0.29) is 6.10 Å². The van der Waals surface area contributed by atoms with Crippen molar-refractivity contribution in [2.24, 2.45) is 0 Å². The molecule has 2 heterocycles. The molecule has 0 bridgehead atoms. The van der Waals surface area contributed by atoms with Crippen molar-refractivity contribution in [3.8, 4) is 0 Å². The van der Waals surface area contributed by atoms with E-state index in [1.165, 1.54) is 15.3 Å². The molecule has 2 aromatic rings. The highest BCUT2D eigenvalue weighted by atomic mass is 32.1. The number of rotatable bonds is 5.